The second-order valence-corrected chi connectivity index (χ2v) is 6.44. The van der Waals surface area contributed by atoms with Crippen LogP contribution in [-0.4, -0.2) is 23.9 Å². The molecule has 2 aromatic rings. The molecule has 6 nitrogen and oxygen atoms in total. The number of nitrogens with one attached hydrogen (secondary N) is 2. The van der Waals surface area contributed by atoms with Crippen molar-refractivity contribution in [2.75, 3.05) is 5.32 Å². The van der Waals surface area contributed by atoms with E-state index in [1.165, 1.54) is 13.8 Å². The minimum Gasteiger partial charge on any atom is -0.452 e. The SMILES string of the molecule is CC(=O)N[C@H](CC(=O)O[C@H](C)C(=O)Nc1cccc(Cl)c1)c1ccccc1. The van der Waals surface area contributed by atoms with Crippen LogP contribution in [0.25, 0.3) is 0 Å². The quantitative estimate of drug-likeness (QED) is 0.711. The summed E-state index contributed by atoms with van der Waals surface area (Å²) in [5.41, 5.74) is 1.29. The van der Waals surface area contributed by atoms with E-state index in [2.05, 4.69) is 10.6 Å². The van der Waals surface area contributed by atoms with Gasteiger partial charge in [-0.2, -0.15) is 0 Å². The minimum atomic E-state index is -0.995. The van der Waals surface area contributed by atoms with E-state index in [0.717, 1.165) is 5.56 Å². The Balaban J connectivity index is 1.95. The normalized spacial score (nSPS) is 12.6. The zero-order chi connectivity index (χ0) is 19.8. The monoisotopic (exact) mass is 388 g/mol. The Kier molecular flexibility index (Phi) is 7.37. The van der Waals surface area contributed by atoms with E-state index in [1.807, 2.05) is 30.3 Å². The Hall–Kier alpha value is -2.86. The summed E-state index contributed by atoms with van der Waals surface area (Å²) in [7, 11) is 0. The van der Waals surface area contributed by atoms with Gasteiger partial charge in [-0.05, 0) is 30.7 Å². The molecule has 0 saturated heterocycles. The van der Waals surface area contributed by atoms with Crippen molar-refractivity contribution in [3.05, 3.63) is 65.2 Å². The molecule has 0 aliphatic carbocycles. The van der Waals surface area contributed by atoms with Crippen molar-refractivity contribution >= 4 is 35.1 Å². The van der Waals surface area contributed by atoms with Gasteiger partial charge in [-0.25, -0.2) is 0 Å². The molecule has 2 N–H and O–H groups in total. The van der Waals surface area contributed by atoms with Crippen molar-refractivity contribution < 1.29 is 19.1 Å². The number of esters is 1. The topological polar surface area (TPSA) is 84.5 Å². The molecule has 0 radical (unpaired) electrons. The highest BCUT2D eigenvalue weighted by Gasteiger charge is 2.22. The van der Waals surface area contributed by atoms with Gasteiger partial charge in [0.15, 0.2) is 6.10 Å². The molecule has 0 bridgehead atoms. The number of ether oxygens (including phenoxy) is 1. The Morgan fingerprint density at radius 2 is 1.78 bits per heavy atom. The first-order valence-electron chi connectivity index (χ1n) is 8.43. The lowest BCUT2D eigenvalue weighted by atomic mass is 10.0. The van der Waals surface area contributed by atoms with Crippen molar-refractivity contribution in [2.45, 2.75) is 32.4 Å². The summed E-state index contributed by atoms with van der Waals surface area (Å²) in [6.07, 6.45) is -1.08. The lowest BCUT2D eigenvalue weighted by Gasteiger charge is -2.19. The van der Waals surface area contributed by atoms with Crippen LogP contribution in [0.2, 0.25) is 5.02 Å². The van der Waals surface area contributed by atoms with Gasteiger partial charge in [0.1, 0.15) is 0 Å². The molecule has 2 amide bonds. The fraction of sp³-hybridized carbons (Fsp3) is 0.250. The summed E-state index contributed by atoms with van der Waals surface area (Å²) in [6, 6.07) is 15.2. The zero-order valence-corrected chi connectivity index (χ0v) is 15.8. The number of hydrogen-bond donors (Lipinski definition) is 2. The molecule has 27 heavy (non-hydrogen) atoms. The third kappa shape index (κ3) is 6.75. The van der Waals surface area contributed by atoms with Crippen molar-refractivity contribution in [3.8, 4) is 0 Å². The van der Waals surface area contributed by atoms with E-state index >= 15 is 0 Å². The third-order valence-electron chi connectivity index (χ3n) is 3.72. The molecule has 2 atom stereocenters. The molecule has 0 unspecified atom stereocenters. The first kappa shape index (κ1) is 20.5. The molecule has 0 aliphatic rings. The van der Waals surface area contributed by atoms with Crippen LogP contribution >= 0.6 is 11.6 Å². The molecule has 2 aromatic carbocycles. The fourth-order valence-corrected chi connectivity index (χ4v) is 2.65. The van der Waals surface area contributed by atoms with Crippen LogP contribution in [0, 0.1) is 0 Å². The van der Waals surface area contributed by atoms with Gasteiger partial charge in [-0.15, -0.1) is 0 Å². The Labute approximate surface area is 162 Å². The lowest BCUT2D eigenvalue weighted by molar-refractivity contribution is -0.153. The van der Waals surface area contributed by atoms with Crippen LogP contribution in [0.15, 0.2) is 54.6 Å². The van der Waals surface area contributed by atoms with E-state index in [4.69, 9.17) is 16.3 Å². The average molecular weight is 389 g/mol. The summed E-state index contributed by atoms with van der Waals surface area (Å²) in [5, 5.41) is 5.84. The van der Waals surface area contributed by atoms with Crippen LogP contribution in [0.5, 0.6) is 0 Å². The number of benzene rings is 2. The minimum absolute atomic E-state index is 0.0849. The standard InChI is InChI=1S/C20H21ClN2O4/c1-13(20(26)23-17-10-6-9-16(21)11-17)27-19(25)12-18(22-14(2)24)15-7-4-3-5-8-15/h3-11,13,18H,12H2,1-2H3,(H,22,24)(H,23,26)/t13-,18-/m1/s1. The highest BCUT2D eigenvalue weighted by atomic mass is 35.5. The second-order valence-electron chi connectivity index (χ2n) is 6.00. The van der Waals surface area contributed by atoms with Crippen LogP contribution in [-0.2, 0) is 19.1 Å². The van der Waals surface area contributed by atoms with Crippen LogP contribution < -0.4 is 10.6 Å². The number of carbonyl (C=O) groups excluding carboxylic acids is 3. The molecule has 0 aromatic heterocycles. The molecule has 7 heteroatoms. The molecular formula is C20H21ClN2O4. The number of amides is 2. The van der Waals surface area contributed by atoms with Crippen molar-refractivity contribution in [3.63, 3.8) is 0 Å². The average Bonchev–Trinajstić information content (AvgIpc) is 2.61. The van der Waals surface area contributed by atoms with E-state index in [-0.39, 0.29) is 12.3 Å². The van der Waals surface area contributed by atoms with E-state index in [9.17, 15) is 14.4 Å². The van der Waals surface area contributed by atoms with Gasteiger partial charge in [0, 0.05) is 17.6 Å². The summed E-state index contributed by atoms with van der Waals surface area (Å²) in [6.45, 7) is 2.86. The van der Waals surface area contributed by atoms with E-state index in [0.29, 0.717) is 10.7 Å². The van der Waals surface area contributed by atoms with Gasteiger partial charge in [-0.1, -0.05) is 48.0 Å². The third-order valence-corrected chi connectivity index (χ3v) is 3.95. The van der Waals surface area contributed by atoms with Crippen molar-refractivity contribution in [2.24, 2.45) is 0 Å². The Bertz CT molecular complexity index is 811. The molecule has 0 fully saturated rings. The van der Waals surface area contributed by atoms with Crippen LogP contribution in [0.4, 0.5) is 5.69 Å². The Morgan fingerprint density at radius 1 is 1.07 bits per heavy atom. The first-order chi connectivity index (χ1) is 12.8. The highest BCUT2D eigenvalue weighted by molar-refractivity contribution is 6.30. The number of halogens is 1. The summed E-state index contributed by atoms with van der Waals surface area (Å²) in [4.78, 5) is 35.9. The van der Waals surface area contributed by atoms with Gasteiger partial charge < -0.3 is 15.4 Å². The first-order valence-corrected chi connectivity index (χ1v) is 8.81. The number of hydrogen-bond acceptors (Lipinski definition) is 4. The van der Waals surface area contributed by atoms with Gasteiger partial charge in [0.05, 0.1) is 12.5 Å². The van der Waals surface area contributed by atoms with E-state index in [1.54, 1.807) is 24.3 Å². The van der Waals surface area contributed by atoms with Gasteiger partial charge in [0.25, 0.3) is 5.91 Å². The maximum Gasteiger partial charge on any atom is 0.309 e. The van der Waals surface area contributed by atoms with Gasteiger partial charge in [-0.3, -0.25) is 14.4 Å². The molecule has 0 saturated carbocycles. The van der Waals surface area contributed by atoms with E-state index < -0.39 is 24.0 Å². The second kappa shape index (κ2) is 9.73. The largest absolute Gasteiger partial charge is 0.452 e. The fourth-order valence-electron chi connectivity index (χ4n) is 2.46. The summed E-state index contributed by atoms with van der Waals surface area (Å²) >= 11 is 5.88. The van der Waals surface area contributed by atoms with Crippen LogP contribution in [0.3, 0.4) is 0 Å². The highest BCUT2D eigenvalue weighted by Crippen LogP contribution is 2.18. The molecular weight excluding hydrogens is 368 g/mol. The zero-order valence-electron chi connectivity index (χ0n) is 15.1. The molecule has 0 aliphatic heterocycles. The van der Waals surface area contributed by atoms with Crippen molar-refractivity contribution in [1.82, 2.24) is 5.32 Å². The smallest absolute Gasteiger partial charge is 0.309 e. The molecule has 0 heterocycles. The molecule has 142 valence electrons. The predicted octanol–water partition coefficient (Wildman–Crippen LogP) is 3.48. The van der Waals surface area contributed by atoms with Crippen LogP contribution in [0.1, 0.15) is 31.9 Å². The lowest BCUT2D eigenvalue weighted by Crippen LogP contribution is -2.33. The molecule has 0 spiro atoms. The van der Waals surface area contributed by atoms with Gasteiger partial charge >= 0.3 is 5.97 Å². The summed E-state index contributed by atoms with van der Waals surface area (Å²) in [5.74, 6) is -1.32. The van der Waals surface area contributed by atoms with Gasteiger partial charge in [0.2, 0.25) is 5.91 Å². The summed E-state index contributed by atoms with van der Waals surface area (Å²) < 4.78 is 5.21. The predicted molar refractivity (Wildman–Crippen MR) is 103 cm³/mol. The molecule has 2 rings (SSSR count). The van der Waals surface area contributed by atoms with Crippen molar-refractivity contribution in [1.29, 1.82) is 0 Å². The Morgan fingerprint density at radius 3 is 2.41 bits per heavy atom. The number of anilines is 1. The maximum absolute atomic E-state index is 12.3. The number of rotatable bonds is 7. The number of carbonyl (C=O) groups is 3. The maximum atomic E-state index is 12.3.